The summed E-state index contributed by atoms with van der Waals surface area (Å²) in [5, 5.41) is 0. The molecule has 1 aliphatic heterocycles. The predicted molar refractivity (Wildman–Crippen MR) is 67.8 cm³/mol. The van der Waals surface area contributed by atoms with Crippen LogP contribution in [0.2, 0.25) is 0 Å². The third-order valence-electron chi connectivity index (χ3n) is 3.48. The number of ether oxygens (including phenoxy) is 1. The Kier molecular flexibility index (Phi) is 5.88. The van der Waals surface area contributed by atoms with E-state index in [-0.39, 0.29) is 5.91 Å². The van der Waals surface area contributed by atoms with E-state index in [1.165, 1.54) is 12.8 Å². The standard InChI is InChI=1S/C12H25N3O2/c1-14-7-4-5-10(14)9-15(2)12(16)11(13)6-8-17-3/h10-11H,4-9,13H2,1-3H3. The Morgan fingerprint density at radius 3 is 2.88 bits per heavy atom. The lowest BCUT2D eigenvalue weighted by Gasteiger charge is -2.27. The molecule has 1 heterocycles. The van der Waals surface area contributed by atoms with Crippen LogP contribution in [0.15, 0.2) is 0 Å². The van der Waals surface area contributed by atoms with Gasteiger partial charge in [0.25, 0.3) is 0 Å². The Morgan fingerprint density at radius 2 is 2.35 bits per heavy atom. The zero-order valence-electron chi connectivity index (χ0n) is 11.2. The number of methoxy groups -OCH3 is 1. The summed E-state index contributed by atoms with van der Waals surface area (Å²) >= 11 is 0. The second-order valence-electron chi connectivity index (χ2n) is 4.88. The van der Waals surface area contributed by atoms with E-state index in [0.717, 1.165) is 13.1 Å². The van der Waals surface area contributed by atoms with Crippen molar-refractivity contribution in [2.75, 3.05) is 40.9 Å². The number of hydrogen-bond acceptors (Lipinski definition) is 4. The van der Waals surface area contributed by atoms with Crippen molar-refractivity contribution < 1.29 is 9.53 Å². The molecule has 1 rings (SSSR count). The maximum absolute atomic E-state index is 12.0. The first-order valence-electron chi connectivity index (χ1n) is 6.26. The minimum Gasteiger partial charge on any atom is -0.385 e. The number of likely N-dealkylation sites (N-methyl/N-ethyl adjacent to an activating group) is 2. The lowest BCUT2D eigenvalue weighted by Crippen LogP contribution is -2.46. The van der Waals surface area contributed by atoms with Gasteiger partial charge in [-0.25, -0.2) is 0 Å². The molecular weight excluding hydrogens is 218 g/mol. The molecule has 2 atom stereocenters. The first-order chi connectivity index (χ1) is 8.06. The summed E-state index contributed by atoms with van der Waals surface area (Å²) < 4.78 is 4.93. The summed E-state index contributed by atoms with van der Waals surface area (Å²) in [5.41, 5.74) is 5.83. The summed E-state index contributed by atoms with van der Waals surface area (Å²) in [7, 11) is 5.57. The molecule has 1 amide bonds. The quantitative estimate of drug-likeness (QED) is 0.708. The second-order valence-corrected chi connectivity index (χ2v) is 4.88. The minimum absolute atomic E-state index is 0.0161. The summed E-state index contributed by atoms with van der Waals surface area (Å²) in [4.78, 5) is 16.0. The number of nitrogens with two attached hydrogens (primary N) is 1. The fourth-order valence-electron chi connectivity index (χ4n) is 2.27. The number of likely N-dealkylation sites (tertiary alicyclic amines) is 1. The van der Waals surface area contributed by atoms with Gasteiger partial charge in [0.1, 0.15) is 0 Å². The highest BCUT2D eigenvalue weighted by molar-refractivity contribution is 5.81. The first-order valence-corrected chi connectivity index (χ1v) is 6.26. The SMILES string of the molecule is COCCC(N)C(=O)N(C)CC1CCCN1C. The average molecular weight is 243 g/mol. The molecule has 0 bridgehead atoms. The fourth-order valence-corrected chi connectivity index (χ4v) is 2.27. The van der Waals surface area contributed by atoms with E-state index >= 15 is 0 Å². The maximum atomic E-state index is 12.0. The number of amides is 1. The minimum atomic E-state index is -0.438. The van der Waals surface area contributed by atoms with E-state index in [1.54, 1.807) is 12.0 Å². The fraction of sp³-hybridized carbons (Fsp3) is 0.917. The monoisotopic (exact) mass is 243 g/mol. The summed E-state index contributed by atoms with van der Waals surface area (Å²) in [6, 6.07) is 0.0465. The molecule has 5 heteroatoms. The molecule has 1 fully saturated rings. The van der Waals surface area contributed by atoms with Gasteiger partial charge in [0, 0.05) is 33.4 Å². The van der Waals surface area contributed by atoms with Crippen LogP contribution >= 0.6 is 0 Å². The van der Waals surface area contributed by atoms with E-state index in [2.05, 4.69) is 11.9 Å². The van der Waals surface area contributed by atoms with E-state index < -0.39 is 6.04 Å². The highest BCUT2D eigenvalue weighted by Gasteiger charge is 2.25. The van der Waals surface area contributed by atoms with Gasteiger partial charge in [-0.2, -0.15) is 0 Å². The molecule has 0 radical (unpaired) electrons. The van der Waals surface area contributed by atoms with Crippen molar-refractivity contribution in [2.45, 2.75) is 31.3 Å². The van der Waals surface area contributed by atoms with Gasteiger partial charge in [0.2, 0.25) is 5.91 Å². The molecule has 2 N–H and O–H groups in total. The van der Waals surface area contributed by atoms with Gasteiger partial charge >= 0.3 is 0 Å². The molecule has 5 nitrogen and oxygen atoms in total. The lowest BCUT2D eigenvalue weighted by molar-refractivity contribution is -0.132. The van der Waals surface area contributed by atoms with Crippen LogP contribution in [0.1, 0.15) is 19.3 Å². The van der Waals surface area contributed by atoms with E-state index in [4.69, 9.17) is 10.5 Å². The highest BCUT2D eigenvalue weighted by atomic mass is 16.5. The summed E-state index contributed by atoms with van der Waals surface area (Å²) in [5.74, 6) is 0.0161. The van der Waals surface area contributed by atoms with Crippen molar-refractivity contribution >= 4 is 5.91 Å². The van der Waals surface area contributed by atoms with E-state index in [0.29, 0.717) is 19.1 Å². The van der Waals surface area contributed by atoms with Crippen LogP contribution in [0.4, 0.5) is 0 Å². The number of hydrogen-bond donors (Lipinski definition) is 1. The van der Waals surface area contributed by atoms with Crippen LogP contribution in [0, 0.1) is 0 Å². The third-order valence-corrected chi connectivity index (χ3v) is 3.48. The van der Waals surface area contributed by atoms with Crippen molar-refractivity contribution in [3.8, 4) is 0 Å². The Morgan fingerprint density at radius 1 is 1.65 bits per heavy atom. The van der Waals surface area contributed by atoms with Crippen molar-refractivity contribution in [1.29, 1.82) is 0 Å². The van der Waals surface area contributed by atoms with E-state index in [9.17, 15) is 4.79 Å². The molecule has 0 spiro atoms. The lowest BCUT2D eigenvalue weighted by atomic mass is 10.1. The van der Waals surface area contributed by atoms with Gasteiger partial charge in [-0.05, 0) is 32.9 Å². The molecule has 17 heavy (non-hydrogen) atoms. The molecule has 2 unspecified atom stereocenters. The molecule has 0 aromatic rings. The number of rotatable bonds is 6. The van der Waals surface area contributed by atoms with Gasteiger partial charge in [-0.15, -0.1) is 0 Å². The van der Waals surface area contributed by atoms with Crippen molar-refractivity contribution in [3.05, 3.63) is 0 Å². The van der Waals surface area contributed by atoms with Gasteiger partial charge in [-0.1, -0.05) is 0 Å². The Hall–Kier alpha value is -0.650. The number of carbonyl (C=O) groups excluding carboxylic acids is 1. The van der Waals surface area contributed by atoms with Crippen molar-refractivity contribution in [1.82, 2.24) is 9.80 Å². The Bertz CT molecular complexity index is 248. The van der Waals surface area contributed by atoms with Crippen LogP contribution in [0.25, 0.3) is 0 Å². The van der Waals surface area contributed by atoms with Crippen LogP contribution in [-0.4, -0.2) is 68.7 Å². The molecule has 0 aromatic carbocycles. The molecule has 1 saturated heterocycles. The molecule has 0 aromatic heterocycles. The number of nitrogens with zero attached hydrogens (tertiary/aromatic N) is 2. The van der Waals surface area contributed by atoms with Crippen LogP contribution in [0.5, 0.6) is 0 Å². The zero-order valence-corrected chi connectivity index (χ0v) is 11.2. The first kappa shape index (κ1) is 14.4. The molecule has 100 valence electrons. The Balaban J connectivity index is 2.35. The molecule has 1 aliphatic rings. The maximum Gasteiger partial charge on any atom is 0.239 e. The highest BCUT2D eigenvalue weighted by Crippen LogP contribution is 2.15. The van der Waals surface area contributed by atoms with Crippen LogP contribution < -0.4 is 5.73 Å². The van der Waals surface area contributed by atoms with Gasteiger partial charge < -0.3 is 20.3 Å². The smallest absolute Gasteiger partial charge is 0.239 e. The van der Waals surface area contributed by atoms with Gasteiger partial charge in [0.15, 0.2) is 0 Å². The Labute approximate surface area is 104 Å². The molecular formula is C12H25N3O2. The zero-order chi connectivity index (χ0) is 12.8. The van der Waals surface area contributed by atoms with Crippen molar-refractivity contribution in [2.24, 2.45) is 5.73 Å². The number of carbonyl (C=O) groups is 1. The predicted octanol–water partition coefficient (Wildman–Crippen LogP) is -0.0972. The van der Waals surface area contributed by atoms with E-state index in [1.807, 2.05) is 7.05 Å². The second kappa shape index (κ2) is 6.93. The molecule has 0 aliphatic carbocycles. The van der Waals surface area contributed by atoms with Crippen LogP contribution in [0.3, 0.4) is 0 Å². The summed E-state index contributed by atoms with van der Waals surface area (Å²) in [6.07, 6.45) is 2.97. The molecule has 0 saturated carbocycles. The largest absolute Gasteiger partial charge is 0.385 e. The normalized spacial score (nSPS) is 22.7. The third kappa shape index (κ3) is 4.26. The average Bonchev–Trinajstić information content (AvgIpc) is 2.70. The van der Waals surface area contributed by atoms with Gasteiger partial charge in [-0.3, -0.25) is 4.79 Å². The van der Waals surface area contributed by atoms with Crippen LogP contribution in [-0.2, 0) is 9.53 Å². The van der Waals surface area contributed by atoms with Gasteiger partial charge in [0.05, 0.1) is 6.04 Å². The van der Waals surface area contributed by atoms with Crippen molar-refractivity contribution in [3.63, 3.8) is 0 Å². The topological polar surface area (TPSA) is 58.8 Å². The summed E-state index contributed by atoms with van der Waals surface area (Å²) in [6.45, 7) is 2.43.